The first-order chi connectivity index (χ1) is 12.5. The van der Waals surface area contributed by atoms with Crippen LogP contribution in [-0.2, 0) is 9.53 Å². The van der Waals surface area contributed by atoms with Crippen molar-refractivity contribution in [3.8, 4) is 0 Å². The molecule has 3 heteroatoms. The second-order valence-corrected chi connectivity index (χ2v) is 8.56. The number of halogens is 1. The summed E-state index contributed by atoms with van der Waals surface area (Å²) < 4.78 is 6.88. The number of fused-ring (bicyclic) bond motifs is 1. The van der Waals surface area contributed by atoms with E-state index < -0.39 is 0 Å². The van der Waals surface area contributed by atoms with Gasteiger partial charge in [-0.1, -0.05) is 56.7 Å². The number of rotatable bonds is 5. The highest BCUT2D eigenvalue weighted by molar-refractivity contribution is 9.10. The van der Waals surface area contributed by atoms with Gasteiger partial charge >= 0.3 is 5.97 Å². The molecule has 3 rings (SSSR count). The number of carbonyl (C=O) groups excluding carboxylic acids is 1. The molecule has 0 aromatic heterocycles. The minimum Gasteiger partial charge on any atom is -0.458 e. The largest absolute Gasteiger partial charge is 0.458 e. The number of esters is 1. The molecular formula is C23H29BrO2. The van der Waals surface area contributed by atoms with Crippen molar-refractivity contribution in [3.05, 3.63) is 46.4 Å². The summed E-state index contributed by atoms with van der Waals surface area (Å²) in [5.74, 6) is 1.58. The fourth-order valence-electron chi connectivity index (χ4n) is 4.16. The number of hydrogen-bond donors (Lipinski definition) is 0. The number of carbonyl (C=O) groups is 1. The summed E-state index contributed by atoms with van der Waals surface area (Å²) in [7, 11) is 0. The van der Waals surface area contributed by atoms with E-state index in [1.807, 2.05) is 19.1 Å². The molecule has 1 saturated carbocycles. The Morgan fingerprint density at radius 3 is 2.50 bits per heavy atom. The Morgan fingerprint density at radius 2 is 1.81 bits per heavy atom. The van der Waals surface area contributed by atoms with Crippen molar-refractivity contribution < 1.29 is 9.53 Å². The third-order valence-corrected chi connectivity index (χ3v) is 7.06. The van der Waals surface area contributed by atoms with E-state index in [1.165, 1.54) is 11.8 Å². The Labute approximate surface area is 165 Å². The Kier molecular flexibility index (Phi) is 6.39. The van der Waals surface area contributed by atoms with Crippen LogP contribution in [0.3, 0.4) is 0 Å². The first-order valence-electron chi connectivity index (χ1n) is 9.88. The molecule has 0 saturated heterocycles. The third kappa shape index (κ3) is 4.14. The van der Waals surface area contributed by atoms with Crippen LogP contribution in [0.5, 0.6) is 0 Å². The van der Waals surface area contributed by atoms with Crippen molar-refractivity contribution in [2.75, 3.05) is 0 Å². The lowest BCUT2D eigenvalue weighted by molar-refractivity contribution is -0.155. The molecule has 0 aliphatic heterocycles. The van der Waals surface area contributed by atoms with Gasteiger partial charge in [0.05, 0.1) is 5.92 Å². The predicted octanol–water partition coefficient (Wildman–Crippen LogP) is 7.06. The topological polar surface area (TPSA) is 26.3 Å². The minimum absolute atomic E-state index is 0.0276. The fraction of sp³-hybridized carbons (Fsp3) is 0.522. The van der Waals surface area contributed by atoms with Crippen LogP contribution in [0.1, 0.15) is 64.5 Å². The zero-order valence-electron chi connectivity index (χ0n) is 16.0. The summed E-state index contributed by atoms with van der Waals surface area (Å²) in [4.78, 5) is 12.7. The van der Waals surface area contributed by atoms with Crippen molar-refractivity contribution in [1.82, 2.24) is 0 Å². The zero-order valence-corrected chi connectivity index (χ0v) is 17.6. The van der Waals surface area contributed by atoms with E-state index in [0.717, 1.165) is 52.9 Å². The Hall–Kier alpha value is -1.35. The van der Waals surface area contributed by atoms with Crippen LogP contribution < -0.4 is 0 Å². The van der Waals surface area contributed by atoms with Crippen LogP contribution in [0.25, 0.3) is 10.8 Å². The van der Waals surface area contributed by atoms with Gasteiger partial charge in [0.2, 0.25) is 0 Å². The van der Waals surface area contributed by atoms with E-state index in [0.29, 0.717) is 0 Å². The molecule has 0 radical (unpaired) electrons. The Bertz CT molecular complexity index is 762. The van der Waals surface area contributed by atoms with Gasteiger partial charge in [-0.3, -0.25) is 4.79 Å². The van der Waals surface area contributed by atoms with Gasteiger partial charge in [0.15, 0.2) is 0 Å². The third-order valence-electron chi connectivity index (χ3n) is 6.18. The maximum atomic E-state index is 12.7. The van der Waals surface area contributed by atoms with E-state index in [9.17, 15) is 4.79 Å². The molecule has 2 nitrogen and oxygen atoms in total. The summed E-state index contributed by atoms with van der Waals surface area (Å²) in [5.41, 5.74) is 1.03. The maximum absolute atomic E-state index is 12.7. The molecule has 2 unspecified atom stereocenters. The highest BCUT2D eigenvalue weighted by Gasteiger charge is 2.30. The van der Waals surface area contributed by atoms with E-state index in [2.05, 4.69) is 54.0 Å². The smallest absolute Gasteiger partial charge is 0.309 e. The first kappa shape index (κ1) is 19.4. The van der Waals surface area contributed by atoms with Crippen LogP contribution >= 0.6 is 15.9 Å². The average Bonchev–Trinajstić information content (AvgIpc) is 2.67. The molecule has 26 heavy (non-hydrogen) atoms. The van der Waals surface area contributed by atoms with Crippen molar-refractivity contribution in [2.24, 2.45) is 17.8 Å². The molecule has 0 bridgehead atoms. The monoisotopic (exact) mass is 416 g/mol. The van der Waals surface area contributed by atoms with Gasteiger partial charge in [-0.25, -0.2) is 0 Å². The van der Waals surface area contributed by atoms with Crippen LogP contribution in [-0.4, -0.2) is 5.97 Å². The molecule has 1 aliphatic carbocycles. The van der Waals surface area contributed by atoms with Crippen LogP contribution in [0.4, 0.5) is 0 Å². The van der Waals surface area contributed by atoms with Gasteiger partial charge in [-0.05, 0) is 71.1 Å². The van der Waals surface area contributed by atoms with Gasteiger partial charge in [0.25, 0.3) is 0 Å². The molecule has 1 aliphatic rings. The van der Waals surface area contributed by atoms with Crippen molar-refractivity contribution in [2.45, 2.75) is 59.0 Å². The van der Waals surface area contributed by atoms with Gasteiger partial charge in [-0.2, -0.15) is 0 Å². The van der Waals surface area contributed by atoms with Gasteiger partial charge < -0.3 is 4.74 Å². The molecule has 2 atom stereocenters. The molecule has 0 N–H and O–H groups in total. The molecule has 0 heterocycles. The fourth-order valence-corrected chi connectivity index (χ4v) is 4.97. The summed E-state index contributed by atoms with van der Waals surface area (Å²) in [6.07, 6.45) is 5.24. The molecule has 0 amide bonds. The molecular weight excluding hydrogens is 388 g/mol. The summed E-state index contributed by atoms with van der Waals surface area (Å²) >= 11 is 3.71. The molecule has 0 spiro atoms. The van der Waals surface area contributed by atoms with Gasteiger partial charge in [0, 0.05) is 10.0 Å². The molecule has 140 valence electrons. The second-order valence-electron chi connectivity index (χ2n) is 7.77. The van der Waals surface area contributed by atoms with Crippen molar-refractivity contribution in [3.63, 3.8) is 0 Å². The SMILES string of the molecule is CCC(C)C1CCC(C(=O)OC(C)c2ccc3ccccc3c2Br)CC1. The van der Waals surface area contributed by atoms with Crippen molar-refractivity contribution in [1.29, 1.82) is 0 Å². The quantitative estimate of drug-likeness (QED) is 0.487. The van der Waals surface area contributed by atoms with Crippen molar-refractivity contribution >= 4 is 32.7 Å². The zero-order chi connectivity index (χ0) is 18.7. The maximum Gasteiger partial charge on any atom is 0.309 e. The van der Waals surface area contributed by atoms with E-state index in [4.69, 9.17) is 4.74 Å². The van der Waals surface area contributed by atoms with Crippen LogP contribution in [0, 0.1) is 17.8 Å². The van der Waals surface area contributed by atoms with Crippen LogP contribution in [0.15, 0.2) is 40.9 Å². The van der Waals surface area contributed by atoms with Crippen LogP contribution in [0.2, 0.25) is 0 Å². The standard InChI is InChI=1S/C23H29BrO2/c1-4-15(2)17-9-11-19(12-10-17)23(25)26-16(3)20-14-13-18-7-5-6-8-21(18)22(20)24/h5-8,13-17,19H,4,9-12H2,1-3H3. The summed E-state index contributed by atoms with van der Waals surface area (Å²) in [5, 5.41) is 2.34. The Morgan fingerprint density at radius 1 is 1.12 bits per heavy atom. The lowest BCUT2D eigenvalue weighted by Gasteiger charge is -2.31. The highest BCUT2D eigenvalue weighted by atomic mass is 79.9. The first-order valence-corrected chi connectivity index (χ1v) is 10.7. The van der Waals surface area contributed by atoms with E-state index in [-0.39, 0.29) is 18.0 Å². The second kappa shape index (κ2) is 8.56. The number of ether oxygens (including phenoxy) is 1. The summed E-state index contributed by atoms with van der Waals surface area (Å²) in [6, 6.07) is 12.4. The summed E-state index contributed by atoms with van der Waals surface area (Å²) in [6.45, 7) is 6.56. The molecule has 2 aromatic rings. The number of hydrogen-bond acceptors (Lipinski definition) is 2. The lowest BCUT2D eigenvalue weighted by Crippen LogP contribution is -2.26. The number of benzene rings is 2. The normalized spacial score (nSPS) is 22.8. The molecule has 2 aromatic carbocycles. The lowest BCUT2D eigenvalue weighted by atomic mass is 9.75. The van der Waals surface area contributed by atoms with Gasteiger partial charge in [0.1, 0.15) is 6.10 Å². The minimum atomic E-state index is -0.242. The predicted molar refractivity (Wildman–Crippen MR) is 111 cm³/mol. The van der Waals surface area contributed by atoms with E-state index >= 15 is 0 Å². The highest BCUT2D eigenvalue weighted by Crippen LogP contribution is 2.37. The molecule has 1 fully saturated rings. The van der Waals surface area contributed by atoms with E-state index in [1.54, 1.807) is 0 Å². The van der Waals surface area contributed by atoms with Gasteiger partial charge in [-0.15, -0.1) is 0 Å². The Balaban J connectivity index is 1.64. The average molecular weight is 417 g/mol.